The maximum Gasteiger partial charge on any atom is 0.252 e. The summed E-state index contributed by atoms with van der Waals surface area (Å²) >= 11 is 6.03. The molecule has 3 aromatic rings. The molecule has 1 heterocycles. The number of halogens is 1. The Morgan fingerprint density at radius 1 is 1.04 bits per heavy atom. The van der Waals surface area contributed by atoms with Crippen molar-refractivity contribution in [2.24, 2.45) is 0 Å². The van der Waals surface area contributed by atoms with Gasteiger partial charge in [-0.25, -0.2) is 4.98 Å². The number of H-pyrrole nitrogens is 1. The number of nitrogens with one attached hydrogen (secondary N) is 2. The van der Waals surface area contributed by atoms with E-state index in [0.29, 0.717) is 28.1 Å². The third kappa shape index (κ3) is 3.92. The molecule has 3 rings (SSSR count). The maximum atomic E-state index is 12.0. The average molecular weight is 358 g/mol. The molecule has 0 atom stereocenters. The van der Waals surface area contributed by atoms with Crippen LogP contribution in [0.2, 0.25) is 5.02 Å². The van der Waals surface area contributed by atoms with Crippen LogP contribution in [0.25, 0.3) is 11.3 Å². The minimum absolute atomic E-state index is 0.274. The van der Waals surface area contributed by atoms with E-state index in [1.54, 1.807) is 32.4 Å². The van der Waals surface area contributed by atoms with Gasteiger partial charge < -0.3 is 14.8 Å². The van der Waals surface area contributed by atoms with Crippen LogP contribution in [-0.4, -0.2) is 24.2 Å². The Kier molecular flexibility index (Phi) is 4.90. The van der Waals surface area contributed by atoms with Crippen molar-refractivity contribution < 1.29 is 9.47 Å². The van der Waals surface area contributed by atoms with Gasteiger partial charge in [-0.2, -0.15) is 0 Å². The molecule has 2 aromatic carbocycles. The van der Waals surface area contributed by atoms with Gasteiger partial charge in [-0.3, -0.25) is 9.78 Å². The molecular weight excluding hydrogens is 342 g/mol. The van der Waals surface area contributed by atoms with E-state index in [9.17, 15) is 4.79 Å². The Morgan fingerprint density at radius 3 is 2.48 bits per heavy atom. The Morgan fingerprint density at radius 2 is 1.80 bits per heavy atom. The van der Waals surface area contributed by atoms with Crippen LogP contribution in [0.4, 0.5) is 11.6 Å². The summed E-state index contributed by atoms with van der Waals surface area (Å²) in [6.07, 6.45) is 0. The fourth-order valence-corrected chi connectivity index (χ4v) is 2.50. The lowest BCUT2D eigenvalue weighted by Gasteiger charge is -2.11. The van der Waals surface area contributed by atoms with Crippen LogP contribution in [-0.2, 0) is 0 Å². The number of nitrogens with zero attached hydrogens (tertiary/aromatic N) is 1. The first-order chi connectivity index (χ1) is 12.1. The number of rotatable bonds is 5. The van der Waals surface area contributed by atoms with Crippen LogP contribution in [0, 0.1) is 0 Å². The van der Waals surface area contributed by atoms with Crippen LogP contribution < -0.4 is 20.3 Å². The van der Waals surface area contributed by atoms with Crippen LogP contribution >= 0.6 is 11.6 Å². The van der Waals surface area contributed by atoms with Crippen molar-refractivity contribution in [2.45, 2.75) is 0 Å². The highest BCUT2D eigenvalue weighted by molar-refractivity contribution is 6.31. The second-order valence-corrected chi connectivity index (χ2v) is 5.61. The fraction of sp³-hybridized carbons (Fsp3) is 0.111. The molecule has 0 spiro atoms. The molecule has 0 aliphatic carbocycles. The predicted octanol–water partition coefficient (Wildman–Crippen LogP) is 3.85. The van der Waals surface area contributed by atoms with Gasteiger partial charge in [0.1, 0.15) is 11.5 Å². The number of aromatic nitrogens is 2. The van der Waals surface area contributed by atoms with E-state index in [1.807, 2.05) is 24.3 Å². The first kappa shape index (κ1) is 16.9. The average Bonchev–Trinajstić information content (AvgIpc) is 2.61. The standard InChI is InChI=1S/C18H16ClN3O3/c1-24-13-6-3-11(4-7-13)14-10-17(23)22-18(20-14)21-15-9-12(19)5-8-16(15)25-2/h3-10H,1-2H3,(H2,20,21,22,23). The molecule has 0 unspecified atom stereocenters. The Balaban J connectivity index is 1.97. The summed E-state index contributed by atoms with van der Waals surface area (Å²) in [5.74, 6) is 1.61. The Bertz CT molecular complexity index is 939. The van der Waals surface area contributed by atoms with Crippen molar-refractivity contribution in [2.75, 3.05) is 19.5 Å². The van der Waals surface area contributed by atoms with Crippen molar-refractivity contribution in [1.29, 1.82) is 0 Å². The van der Waals surface area contributed by atoms with Crippen LogP contribution in [0.1, 0.15) is 0 Å². The van der Waals surface area contributed by atoms with E-state index in [-0.39, 0.29) is 5.56 Å². The maximum absolute atomic E-state index is 12.0. The Labute approximate surface area is 149 Å². The van der Waals surface area contributed by atoms with Gasteiger partial charge in [0, 0.05) is 16.7 Å². The fourth-order valence-electron chi connectivity index (χ4n) is 2.33. The molecule has 1 aromatic heterocycles. The smallest absolute Gasteiger partial charge is 0.252 e. The van der Waals surface area contributed by atoms with E-state index in [4.69, 9.17) is 21.1 Å². The normalized spacial score (nSPS) is 10.4. The third-order valence-electron chi connectivity index (χ3n) is 3.54. The molecule has 0 aliphatic heterocycles. The zero-order valence-electron chi connectivity index (χ0n) is 13.7. The molecular formula is C18H16ClN3O3. The first-order valence-corrected chi connectivity index (χ1v) is 7.83. The molecule has 7 heteroatoms. The molecule has 0 aliphatic rings. The number of ether oxygens (including phenoxy) is 2. The van der Waals surface area contributed by atoms with Gasteiger partial charge in [0.2, 0.25) is 5.95 Å². The van der Waals surface area contributed by atoms with Gasteiger partial charge in [-0.05, 0) is 42.5 Å². The van der Waals surface area contributed by atoms with Gasteiger partial charge in [0.25, 0.3) is 5.56 Å². The van der Waals surface area contributed by atoms with Crippen molar-refractivity contribution in [3.05, 3.63) is 63.9 Å². The monoisotopic (exact) mass is 357 g/mol. The summed E-state index contributed by atoms with van der Waals surface area (Å²) in [7, 11) is 3.15. The highest BCUT2D eigenvalue weighted by atomic mass is 35.5. The van der Waals surface area contributed by atoms with E-state index in [1.165, 1.54) is 6.07 Å². The van der Waals surface area contributed by atoms with Crippen LogP contribution in [0.15, 0.2) is 53.3 Å². The van der Waals surface area contributed by atoms with Crippen molar-refractivity contribution >= 4 is 23.2 Å². The van der Waals surface area contributed by atoms with Gasteiger partial charge in [0.15, 0.2) is 0 Å². The van der Waals surface area contributed by atoms with E-state index in [0.717, 1.165) is 11.3 Å². The molecule has 6 nitrogen and oxygen atoms in total. The predicted molar refractivity (Wildman–Crippen MR) is 98.1 cm³/mol. The molecule has 25 heavy (non-hydrogen) atoms. The van der Waals surface area contributed by atoms with Crippen molar-refractivity contribution in [1.82, 2.24) is 9.97 Å². The largest absolute Gasteiger partial charge is 0.497 e. The second kappa shape index (κ2) is 7.27. The summed E-state index contributed by atoms with van der Waals surface area (Å²) < 4.78 is 10.4. The van der Waals surface area contributed by atoms with E-state index in [2.05, 4.69) is 15.3 Å². The summed E-state index contributed by atoms with van der Waals surface area (Å²) in [5.41, 5.74) is 1.66. The van der Waals surface area contributed by atoms with Crippen LogP contribution in [0.5, 0.6) is 11.5 Å². The highest BCUT2D eigenvalue weighted by Gasteiger charge is 2.08. The number of anilines is 2. The lowest BCUT2D eigenvalue weighted by atomic mass is 10.1. The number of methoxy groups -OCH3 is 2. The lowest BCUT2D eigenvalue weighted by Crippen LogP contribution is -2.10. The highest BCUT2D eigenvalue weighted by Crippen LogP contribution is 2.29. The molecule has 0 saturated carbocycles. The third-order valence-corrected chi connectivity index (χ3v) is 3.78. The number of hydrogen-bond donors (Lipinski definition) is 2. The summed E-state index contributed by atoms with van der Waals surface area (Å²) in [4.78, 5) is 19.1. The van der Waals surface area contributed by atoms with Crippen molar-refractivity contribution in [3.63, 3.8) is 0 Å². The number of hydrogen-bond acceptors (Lipinski definition) is 5. The SMILES string of the molecule is COc1ccc(-c2cc(=O)[nH]c(Nc3cc(Cl)ccc3OC)n2)cc1. The quantitative estimate of drug-likeness (QED) is 0.725. The number of aromatic amines is 1. The molecule has 0 bridgehead atoms. The zero-order chi connectivity index (χ0) is 17.8. The minimum atomic E-state index is -0.274. The van der Waals surface area contributed by atoms with Gasteiger partial charge in [-0.15, -0.1) is 0 Å². The van der Waals surface area contributed by atoms with Gasteiger partial charge >= 0.3 is 0 Å². The molecule has 0 fully saturated rings. The summed E-state index contributed by atoms with van der Waals surface area (Å²) in [6.45, 7) is 0. The number of benzene rings is 2. The zero-order valence-corrected chi connectivity index (χ0v) is 14.4. The molecule has 0 radical (unpaired) electrons. The second-order valence-electron chi connectivity index (χ2n) is 5.18. The lowest BCUT2D eigenvalue weighted by molar-refractivity contribution is 0.415. The molecule has 128 valence electrons. The van der Waals surface area contributed by atoms with Gasteiger partial charge in [-0.1, -0.05) is 11.6 Å². The topological polar surface area (TPSA) is 76.2 Å². The molecule has 2 N–H and O–H groups in total. The summed E-state index contributed by atoms with van der Waals surface area (Å²) in [5, 5.41) is 3.58. The minimum Gasteiger partial charge on any atom is -0.497 e. The Hall–Kier alpha value is -2.99. The summed E-state index contributed by atoms with van der Waals surface area (Å²) in [6, 6.07) is 13.9. The van der Waals surface area contributed by atoms with Crippen LogP contribution in [0.3, 0.4) is 0 Å². The molecule has 0 amide bonds. The van der Waals surface area contributed by atoms with Crippen molar-refractivity contribution in [3.8, 4) is 22.8 Å². The molecule has 0 saturated heterocycles. The first-order valence-electron chi connectivity index (χ1n) is 7.45. The van der Waals surface area contributed by atoms with E-state index < -0.39 is 0 Å². The van der Waals surface area contributed by atoms with Gasteiger partial charge in [0.05, 0.1) is 25.6 Å². The van der Waals surface area contributed by atoms with E-state index >= 15 is 0 Å².